The lowest BCUT2D eigenvalue weighted by Gasteiger charge is -2.05. The highest BCUT2D eigenvalue weighted by atomic mass is 32.2. The molecule has 82 valence electrons. The molecule has 2 nitrogen and oxygen atoms in total. The van der Waals surface area contributed by atoms with E-state index in [-0.39, 0.29) is 5.56 Å². The van der Waals surface area contributed by atoms with E-state index < -0.39 is 0 Å². The number of hydrogen-bond acceptors (Lipinski definition) is 2. The van der Waals surface area contributed by atoms with E-state index in [4.69, 9.17) is 0 Å². The molecule has 2 rings (SSSR count). The van der Waals surface area contributed by atoms with Crippen LogP contribution in [0, 0.1) is 0 Å². The maximum Gasteiger partial charge on any atom is 0.268 e. The van der Waals surface area contributed by atoms with E-state index in [1.165, 1.54) is 11.9 Å². The lowest BCUT2D eigenvalue weighted by atomic mass is 10.1. The van der Waals surface area contributed by atoms with Crippen molar-refractivity contribution in [2.24, 2.45) is 0 Å². The molecule has 0 aliphatic heterocycles. The third-order valence-electron chi connectivity index (χ3n) is 2.27. The smallest absolute Gasteiger partial charge is 0.268 e. The second-order valence-corrected chi connectivity index (χ2v) is 4.57. The van der Waals surface area contributed by atoms with Gasteiger partial charge in [0, 0.05) is 17.5 Å². The Hall–Kier alpha value is -1.48. The van der Waals surface area contributed by atoms with Crippen molar-refractivity contribution in [2.45, 2.75) is 6.92 Å². The molecule has 1 aromatic heterocycles. The molecule has 16 heavy (non-hydrogen) atoms. The predicted molar refractivity (Wildman–Crippen MR) is 69.7 cm³/mol. The van der Waals surface area contributed by atoms with Crippen LogP contribution in [0.4, 0.5) is 0 Å². The van der Waals surface area contributed by atoms with Crippen molar-refractivity contribution in [3.8, 4) is 11.1 Å². The van der Waals surface area contributed by atoms with Crippen molar-refractivity contribution < 1.29 is 0 Å². The van der Waals surface area contributed by atoms with Crippen LogP contribution in [0.15, 0.2) is 53.5 Å². The van der Waals surface area contributed by atoms with Crippen molar-refractivity contribution >= 4 is 11.9 Å². The van der Waals surface area contributed by atoms with Crippen molar-refractivity contribution in [1.82, 2.24) is 3.97 Å². The van der Waals surface area contributed by atoms with E-state index in [9.17, 15) is 4.79 Å². The first-order valence-electron chi connectivity index (χ1n) is 5.23. The summed E-state index contributed by atoms with van der Waals surface area (Å²) in [5.74, 6) is 0.887. The molecule has 0 radical (unpaired) electrons. The van der Waals surface area contributed by atoms with Crippen LogP contribution in [0.2, 0.25) is 0 Å². The molecule has 0 aliphatic rings. The van der Waals surface area contributed by atoms with Crippen molar-refractivity contribution in [3.63, 3.8) is 0 Å². The van der Waals surface area contributed by atoms with Crippen molar-refractivity contribution in [2.75, 3.05) is 5.75 Å². The third kappa shape index (κ3) is 2.19. The molecule has 3 heteroatoms. The fourth-order valence-corrected chi connectivity index (χ4v) is 2.20. The topological polar surface area (TPSA) is 22.0 Å². The van der Waals surface area contributed by atoms with Gasteiger partial charge in [-0.15, -0.1) is 0 Å². The summed E-state index contributed by atoms with van der Waals surface area (Å²) in [4.78, 5) is 12.1. The summed E-state index contributed by atoms with van der Waals surface area (Å²) >= 11 is 1.51. The monoisotopic (exact) mass is 231 g/mol. The van der Waals surface area contributed by atoms with E-state index >= 15 is 0 Å². The standard InChI is InChI=1S/C13H13NOS/c1-2-16-14-10-6-9-12(13(14)15)11-7-4-3-5-8-11/h3-10H,2H2,1H3. The molecule has 0 saturated carbocycles. The summed E-state index contributed by atoms with van der Waals surface area (Å²) in [6.45, 7) is 2.03. The highest BCUT2D eigenvalue weighted by Gasteiger charge is 2.04. The number of nitrogens with zero attached hydrogens (tertiary/aromatic N) is 1. The normalized spacial score (nSPS) is 10.3. The van der Waals surface area contributed by atoms with Crippen LogP contribution >= 0.6 is 11.9 Å². The van der Waals surface area contributed by atoms with Crippen LogP contribution in [0.5, 0.6) is 0 Å². The zero-order valence-electron chi connectivity index (χ0n) is 9.09. The highest BCUT2D eigenvalue weighted by molar-refractivity contribution is 7.97. The first-order valence-corrected chi connectivity index (χ1v) is 6.17. The molecule has 0 saturated heterocycles. The number of benzene rings is 1. The van der Waals surface area contributed by atoms with Crippen LogP contribution < -0.4 is 5.56 Å². The van der Waals surface area contributed by atoms with Crippen LogP contribution in [0.25, 0.3) is 11.1 Å². The summed E-state index contributed by atoms with van der Waals surface area (Å²) in [5.41, 5.74) is 1.78. The van der Waals surface area contributed by atoms with Gasteiger partial charge in [-0.1, -0.05) is 37.3 Å². The molecule has 1 heterocycles. The molecule has 2 aromatic rings. The van der Waals surface area contributed by atoms with Gasteiger partial charge in [-0.25, -0.2) is 0 Å². The summed E-state index contributed by atoms with van der Waals surface area (Å²) in [7, 11) is 0. The Morgan fingerprint density at radius 1 is 1.12 bits per heavy atom. The third-order valence-corrected chi connectivity index (χ3v) is 3.09. The number of hydrogen-bond donors (Lipinski definition) is 0. The second kappa shape index (κ2) is 5.03. The molecular weight excluding hydrogens is 218 g/mol. The molecule has 0 bridgehead atoms. The SMILES string of the molecule is CCSn1cccc(-c2ccccc2)c1=O. The van der Waals surface area contributed by atoms with Crippen LogP contribution in [0.1, 0.15) is 6.92 Å². The largest absolute Gasteiger partial charge is 0.268 e. The van der Waals surface area contributed by atoms with E-state index in [0.717, 1.165) is 16.9 Å². The summed E-state index contributed by atoms with van der Waals surface area (Å²) in [6.07, 6.45) is 1.81. The van der Waals surface area contributed by atoms with Crippen LogP contribution in [-0.2, 0) is 0 Å². The minimum atomic E-state index is 0.0561. The number of aromatic nitrogens is 1. The van der Waals surface area contributed by atoms with Gasteiger partial charge in [0.05, 0.1) is 0 Å². The summed E-state index contributed by atoms with van der Waals surface area (Å²) in [5, 5.41) is 0. The van der Waals surface area contributed by atoms with Crippen LogP contribution in [-0.4, -0.2) is 9.73 Å². The average molecular weight is 231 g/mol. The minimum Gasteiger partial charge on any atom is -0.268 e. The van der Waals surface area contributed by atoms with Crippen molar-refractivity contribution in [1.29, 1.82) is 0 Å². The fourth-order valence-electron chi connectivity index (χ4n) is 1.55. The zero-order valence-corrected chi connectivity index (χ0v) is 9.91. The maximum absolute atomic E-state index is 12.1. The highest BCUT2D eigenvalue weighted by Crippen LogP contribution is 2.15. The Morgan fingerprint density at radius 2 is 1.88 bits per heavy atom. The zero-order chi connectivity index (χ0) is 11.4. The predicted octanol–water partition coefficient (Wildman–Crippen LogP) is 3.03. The Morgan fingerprint density at radius 3 is 2.56 bits per heavy atom. The quantitative estimate of drug-likeness (QED) is 0.810. The molecule has 0 atom stereocenters. The van der Waals surface area contributed by atoms with E-state index in [0.29, 0.717) is 0 Å². The summed E-state index contributed by atoms with van der Waals surface area (Å²) in [6, 6.07) is 13.5. The Labute approximate surface area is 99.1 Å². The molecule has 0 aliphatic carbocycles. The molecule has 1 aromatic carbocycles. The van der Waals surface area contributed by atoms with Crippen LogP contribution in [0.3, 0.4) is 0 Å². The van der Waals surface area contributed by atoms with Gasteiger partial charge in [0.15, 0.2) is 0 Å². The lowest BCUT2D eigenvalue weighted by molar-refractivity contribution is 1.14. The Kier molecular flexibility index (Phi) is 3.47. The first-order chi connectivity index (χ1) is 7.83. The Balaban J connectivity index is 2.51. The van der Waals surface area contributed by atoms with Gasteiger partial charge < -0.3 is 0 Å². The van der Waals surface area contributed by atoms with E-state index in [2.05, 4.69) is 0 Å². The fraction of sp³-hybridized carbons (Fsp3) is 0.154. The molecular formula is C13H13NOS. The molecule has 0 fully saturated rings. The average Bonchev–Trinajstić information content (AvgIpc) is 2.33. The molecule has 0 amide bonds. The van der Waals surface area contributed by atoms with Crippen molar-refractivity contribution in [3.05, 3.63) is 59.0 Å². The van der Waals surface area contributed by atoms with Gasteiger partial charge in [-0.05, 0) is 29.6 Å². The maximum atomic E-state index is 12.1. The summed E-state index contributed by atoms with van der Waals surface area (Å²) < 4.78 is 1.68. The van der Waals surface area contributed by atoms with E-state index in [1.807, 2.05) is 55.6 Å². The van der Waals surface area contributed by atoms with Gasteiger partial charge in [-0.3, -0.25) is 8.77 Å². The molecule has 0 unspecified atom stereocenters. The van der Waals surface area contributed by atoms with Gasteiger partial charge in [0.2, 0.25) is 0 Å². The lowest BCUT2D eigenvalue weighted by Crippen LogP contribution is -2.16. The second-order valence-electron chi connectivity index (χ2n) is 3.34. The van der Waals surface area contributed by atoms with E-state index in [1.54, 1.807) is 3.97 Å². The Bertz CT molecular complexity index is 519. The van der Waals surface area contributed by atoms with Gasteiger partial charge in [0.1, 0.15) is 0 Å². The molecule has 0 spiro atoms. The minimum absolute atomic E-state index is 0.0561. The number of rotatable bonds is 3. The van der Waals surface area contributed by atoms with Gasteiger partial charge >= 0.3 is 0 Å². The van der Waals surface area contributed by atoms with Gasteiger partial charge in [0.25, 0.3) is 5.56 Å². The molecule has 0 N–H and O–H groups in total. The number of pyridine rings is 1. The first kappa shape index (κ1) is 11.0. The van der Waals surface area contributed by atoms with Gasteiger partial charge in [-0.2, -0.15) is 0 Å².